The molecule has 0 radical (unpaired) electrons. The van der Waals surface area contributed by atoms with Crippen LogP contribution in [0.15, 0.2) is 18.5 Å². The van der Waals surface area contributed by atoms with Gasteiger partial charge in [-0.05, 0) is 0 Å². The Morgan fingerprint density at radius 1 is 1.62 bits per heavy atom. The van der Waals surface area contributed by atoms with E-state index in [-0.39, 0.29) is 0 Å². The maximum absolute atomic E-state index is 10.5. The third-order valence-electron chi connectivity index (χ3n) is 1.71. The predicted octanol–water partition coefficient (Wildman–Crippen LogP) is 0.550. The summed E-state index contributed by atoms with van der Waals surface area (Å²) in [5.74, 6) is 0.469. The topological polar surface area (TPSA) is 56.5 Å². The monoisotopic (exact) mass is 177 g/mol. The Bertz CT molecular complexity index is 450. The third-order valence-corrected chi connectivity index (χ3v) is 1.71. The van der Waals surface area contributed by atoms with Gasteiger partial charge in [-0.15, -0.1) is 0 Å². The minimum atomic E-state index is 0.457. The molecule has 0 spiro atoms. The molecule has 0 unspecified atom stereocenters. The van der Waals surface area contributed by atoms with Crippen molar-refractivity contribution in [1.29, 1.82) is 0 Å². The van der Waals surface area contributed by atoms with Gasteiger partial charge in [0.15, 0.2) is 11.9 Å². The Morgan fingerprint density at radius 2 is 2.46 bits per heavy atom. The fourth-order valence-electron chi connectivity index (χ4n) is 1.07. The largest absolute Gasteiger partial charge is 0.481 e. The van der Waals surface area contributed by atoms with Crippen molar-refractivity contribution in [3.8, 4) is 5.88 Å². The van der Waals surface area contributed by atoms with Crippen molar-refractivity contribution < 1.29 is 9.53 Å². The van der Waals surface area contributed by atoms with Gasteiger partial charge in [0.25, 0.3) is 0 Å². The van der Waals surface area contributed by atoms with Gasteiger partial charge in [-0.2, -0.15) is 10.1 Å². The molecule has 2 rings (SSSR count). The molecule has 5 heteroatoms. The summed E-state index contributed by atoms with van der Waals surface area (Å²) >= 11 is 0. The average Bonchev–Trinajstić information content (AvgIpc) is 2.59. The number of aromatic nitrogens is 3. The molecule has 0 N–H and O–H groups in total. The summed E-state index contributed by atoms with van der Waals surface area (Å²) < 4.78 is 6.44. The van der Waals surface area contributed by atoms with Gasteiger partial charge in [0.2, 0.25) is 5.88 Å². The molecule has 0 saturated carbocycles. The summed E-state index contributed by atoms with van der Waals surface area (Å²) in [5, 5.41) is 3.93. The van der Waals surface area contributed by atoms with Crippen LogP contribution < -0.4 is 4.74 Å². The van der Waals surface area contributed by atoms with Crippen molar-refractivity contribution in [3.63, 3.8) is 0 Å². The quantitative estimate of drug-likeness (QED) is 0.628. The minimum Gasteiger partial charge on any atom is -0.481 e. The van der Waals surface area contributed by atoms with E-state index in [0.717, 1.165) is 6.29 Å². The first-order valence-corrected chi connectivity index (χ1v) is 3.68. The van der Waals surface area contributed by atoms with Gasteiger partial charge in [-0.1, -0.05) is 0 Å². The zero-order valence-electron chi connectivity index (χ0n) is 6.97. The highest BCUT2D eigenvalue weighted by Crippen LogP contribution is 2.10. The average molecular weight is 177 g/mol. The van der Waals surface area contributed by atoms with Crippen LogP contribution in [0, 0.1) is 0 Å². The highest BCUT2D eigenvalue weighted by molar-refractivity contribution is 5.83. The van der Waals surface area contributed by atoms with E-state index in [0.29, 0.717) is 17.1 Å². The van der Waals surface area contributed by atoms with E-state index in [4.69, 9.17) is 4.74 Å². The fraction of sp³-hybridized carbons (Fsp3) is 0.125. The first kappa shape index (κ1) is 7.72. The summed E-state index contributed by atoms with van der Waals surface area (Å²) in [6.07, 6.45) is 3.87. The molecule has 0 atom stereocenters. The second-order valence-electron chi connectivity index (χ2n) is 2.46. The van der Waals surface area contributed by atoms with Gasteiger partial charge in [-0.25, -0.2) is 4.52 Å². The number of ether oxygens (including phenoxy) is 1. The van der Waals surface area contributed by atoms with E-state index < -0.39 is 0 Å². The van der Waals surface area contributed by atoms with Gasteiger partial charge >= 0.3 is 0 Å². The molecule has 0 saturated heterocycles. The molecule has 0 bridgehead atoms. The highest BCUT2D eigenvalue weighted by Gasteiger charge is 2.04. The van der Waals surface area contributed by atoms with Gasteiger partial charge in [0.1, 0.15) is 0 Å². The first-order valence-electron chi connectivity index (χ1n) is 3.68. The van der Waals surface area contributed by atoms with Crippen LogP contribution in [-0.2, 0) is 0 Å². The third kappa shape index (κ3) is 1.14. The molecule has 0 aliphatic heterocycles. The Kier molecular flexibility index (Phi) is 1.70. The summed E-state index contributed by atoms with van der Waals surface area (Å²) in [6, 6.07) is 1.68. The smallest absolute Gasteiger partial charge is 0.216 e. The van der Waals surface area contributed by atoms with Crippen molar-refractivity contribution in [2.45, 2.75) is 0 Å². The molecule has 0 aliphatic rings. The number of carbonyl (C=O) groups excluding carboxylic acids is 1. The minimum absolute atomic E-state index is 0.457. The van der Waals surface area contributed by atoms with Gasteiger partial charge in [0.05, 0.1) is 18.9 Å². The first-order chi connectivity index (χ1) is 6.35. The van der Waals surface area contributed by atoms with Gasteiger partial charge < -0.3 is 4.74 Å². The van der Waals surface area contributed by atoms with Crippen LogP contribution >= 0.6 is 0 Å². The van der Waals surface area contributed by atoms with E-state index >= 15 is 0 Å². The Labute approximate surface area is 74.0 Å². The van der Waals surface area contributed by atoms with E-state index in [1.807, 2.05) is 0 Å². The lowest BCUT2D eigenvalue weighted by Crippen LogP contribution is -1.93. The molecular weight excluding hydrogens is 170 g/mol. The highest BCUT2D eigenvalue weighted by atomic mass is 16.5. The summed E-state index contributed by atoms with van der Waals surface area (Å²) in [5.41, 5.74) is 0.966. The Balaban J connectivity index is 2.71. The standard InChI is InChI=1S/C8H7N3O2/c1-13-7-2-3-11-8(10-7)6(5-12)4-9-11/h2-5H,1H3. The summed E-state index contributed by atoms with van der Waals surface area (Å²) in [4.78, 5) is 14.6. The van der Waals surface area contributed by atoms with Crippen LogP contribution in [0.4, 0.5) is 0 Å². The van der Waals surface area contributed by atoms with E-state index in [1.165, 1.54) is 17.8 Å². The van der Waals surface area contributed by atoms with E-state index in [9.17, 15) is 4.79 Å². The molecule has 0 amide bonds. The molecular formula is C8H7N3O2. The molecule has 0 fully saturated rings. The van der Waals surface area contributed by atoms with Crippen molar-refractivity contribution >= 4 is 11.9 Å². The lowest BCUT2D eigenvalue weighted by atomic mass is 10.4. The Hall–Kier alpha value is -1.91. The molecule has 2 heterocycles. The van der Waals surface area contributed by atoms with Crippen molar-refractivity contribution in [2.75, 3.05) is 7.11 Å². The van der Waals surface area contributed by atoms with Crippen molar-refractivity contribution in [2.24, 2.45) is 0 Å². The van der Waals surface area contributed by atoms with Gasteiger partial charge in [-0.3, -0.25) is 4.79 Å². The molecule has 5 nitrogen and oxygen atoms in total. The number of nitrogens with zero attached hydrogens (tertiary/aromatic N) is 3. The fourth-order valence-corrected chi connectivity index (χ4v) is 1.07. The van der Waals surface area contributed by atoms with Crippen LogP contribution in [0.2, 0.25) is 0 Å². The lowest BCUT2D eigenvalue weighted by Gasteiger charge is -1.97. The molecule has 13 heavy (non-hydrogen) atoms. The number of carbonyl (C=O) groups is 1. The number of fused-ring (bicyclic) bond motifs is 1. The molecule has 2 aromatic heterocycles. The van der Waals surface area contributed by atoms with Crippen LogP contribution in [0.25, 0.3) is 5.65 Å². The van der Waals surface area contributed by atoms with E-state index in [2.05, 4.69) is 10.1 Å². The maximum atomic E-state index is 10.5. The van der Waals surface area contributed by atoms with Crippen molar-refractivity contribution in [1.82, 2.24) is 14.6 Å². The number of methoxy groups -OCH3 is 1. The number of hydrogen-bond donors (Lipinski definition) is 0. The maximum Gasteiger partial charge on any atom is 0.216 e. The second kappa shape index (κ2) is 2.85. The van der Waals surface area contributed by atoms with Crippen LogP contribution in [0.5, 0.6) is 5.88 Å². The molecule has 0 aliphatic carbocycles. The second-order valence-corrected chi connectivity index (χ2v) is 2.46. The number of hydrogen-bond acceptors (Lipinski definition) is 4. The normalized spacial score (nSPS) is 10.2. The summed E-state index contributed by atoms with van der Waals surface area (Å²) in [6.45, 7) is 0. The molecule has 0 aromatic carbocycles. The molecule has 66 valence electrons. The predicted molar refractivity (Wildman–Crippen MR) is 44.9 cm³/mol. The number of aldehydes is 1. The molecule has 2 aromatic rings. The zero-order chi connectivity index (χ0) is 9.26. The lowest BCUT2D eigenvalue weighted by molar-refractivity contribution is 0.112. The van der Waals surface area contributed by atoms with Crippen LogP contribution in [-0.4, -0.2) is 28.0 Å². The van der Waals surface area contributed by atoms with Crippen molar-refractivity contribution in [3.05, 3.63) is 24.0 Å². The summed E-state index contributed by atoms with van der Waals surface area (Å²) in [7, 11) is 1.52. The zero-order valence-corrected chi connectivity index (χ0v) is 6.97. The van der Waals surface area contributed by atoms with Crippen LogP contribution in [0.3, 0.4) is 0 Å². The number of rotatable bonds is 2. The van der Waals surface area contributed by atoms with E-state index in [1.54, 1.807) is 12.3 Å². The van der Waals surface area contributed by atoms with Crippen LogP contribution in [0.1, 0.15) is 10.4 Å². The Morgan fingerprint density at radius 3 is 3.15 bits per heavy atom. The van der Waals surface area contributed by atoms with Gasteiger partial charge in [0, 0.05) is 12.3 Å². The SMILES string of the molecule is COc1ccn2ncc(C=O)c2n1.